The molecule has 1 heterocycles. The summed E-state index contributed by atoms with van der Waals surface area (Å²) in [4.78, 5) is 2.09. The molecule has 0 saturated carbocycles. The van der Waals surface area contributed by atoms with Crippen molar-refractivity contribution in [2.75, 3.05) is 26.2 Å². The van der Waals surface area contributed by atoms with E-state index in [1.807, 2.05) is 42.8 Å². The van der Waals surface area contributed by atoms with E-state index in [4.69, 9.17) is 9.47 Å². The lowest BCUT2D eigenvalue weighted by molar-refractivity contribution is 0.414. The summed E-state index contributed by atoms with van der Waals surface area (Å²) in [5, 5.41) is 3.10. The van der Waals surface area contributed by atoms with Gasteiger partial charge in [-0.25, -0.2) is 0 Å². The zero-order valence-corrected chi connectivity index (χ0v) is 11.0. The van der Waals surface area contributed by atoms with Crippen LogP contribution >= 0.6 is 11.3 Å². The molecule has 2 rings (SSSR count). The van der Waals surface area contributed by atoms with Crippen LogP contribution in [0, 0.1) is 0 Å². The number of nitrogens with zero attached hydrogens (tertiary/aromatic N) is 1. The van der Waals surface area contributed by atoms with Crippen LogP contribution in [0.4, 0.5) is 10.7 Å². The average molecular weight is 249 g/mol. The molecule has 0 aliphatic rings. The maximum absolute atomic E-state index is 5.32. The smallest absolute Gasteiger partial charge is 0.153 e. The van der Waals surface area contributed by atoms with Crippen molar-refractivity contribution in [3.05, 3.63) is 35.7 Å². The van der Waals surface area contributed by atoms with Gasteiger partial charge in [-0.2, -0.15) is 0 Å². The van der Waals surface area contributed by atoms with E-state index in [-0.39, 0.29) is 0 Å². The summed E-state index contributed by atoms with van der Waals surface area (Å²) in [7, 11) is 5.37. The molecule has 90 valence electrons. The lowest BCUT2D eigenvalue weighted by Gasteiger charge is -2.19. The molecule has 2 aromatic rings. The first-order valence-corrected chi connectivity index (χ1v) is 6.13. The molecule has 1 aromatic carbocycles. The van der Waals surface area contributed by atoms with Crippen molar-refractivity contribution >= 4 is 22.0 Å². The first-order chi connectivity index (χ1) is 8.26. The fourth-order valence-electron chi connectivity index (χ4n) is 1.63. The van der Waals surface area contributed by atoms with Crippen molar-refractivity contribution in [1.82, 2.24) is 0 Å². The van der Waals surface area contributed by atoms with Crippen LogP contribution in [0.5, 0.6) is 11.5 Å². The highest BCUT2D eigenvalue weighted by Gasteiger charge is 2.11. The molecule has 0 fully saturated rings. The van der Waals surface area contributed by atoms with Gasteiger partial charge in [-0.3, -0.25) is 0 Å². The van der Waals surface area contributed by atoms with Gasteiger partial charge in [-0.15, -0.1) is 11.3 Å². The van der Waals surface area contributed by atoms with E-state index in [1.165, 1.54) is 0 Å². The summed E-state index contributed by atoms with van der Waals surface area (Å²) in [5.74, 6) is 1.74. The minimum absolute atomic E-state index is 0.852. The number of rotatable bonds is 4. The molecule has 0 atom stereocenters. The van der Waals surface area contributed by atoms with Gasteiger partial charge in [0.05, 0.1) is 14.2 Å². The molecule has 0 unspecified atom stereocenters. The second-order valence-electron chi connectivity index (χ2n) is 3.55. The number of ether oxygens (including phenoxy) is 2. The van der Waals surface area contributed by atoms with Crippen molar-refractivity contribution < 1.29 is 9.47 Å². The van der Waals surface area contributed by atoms with Crippen LogP contribution in [0.15, 0.2) is 35.7 Å². The van der Waals surface area contributed by atoms with E-state index < -0.39 is 0 Å². The summed E-state index contributed by atoms with van der Waals surface area (Å²) in [6.07, 6.45) is 0. The number of benzene rings is 1. The van der Waals surface area contributed by atoms with Gasteiger partial charge in [0.1, 0.15) is 10.8 Å². The molecule has 17 heavy (non-hydrogen) atoms. The maximum Gasteiger partial charge on any atom is 0.153 e. The van der Waals surface area contributed by atoms with Crippen LogP contribution in [0.1, 0.15) is 0 Å². The van der Waals surface area contributed by atoms with E-state index in [0.717, 1.165) is 22.2 Å². The van der Waals surface area contributed by atoms with Crippen LogP contribution in [-0.2, 0) is 0 Å². The molecule has 1 aromatic heterocycles. The van der Waals surface area contributed by atoms with Gasteiger partial charge in [0.15, 0.2) is 5.75 Å². The third kappa shape index (κ3) is 2.36. The Balaban J connectivity index is 2.33. The summed E-state index contributed by atoms with van der Waals surface area (Å²) in [5.41, 5.74) is 1.07. The predicted molar refractivity (Wildman–Crippen MR) is 71.9 cm³/mol. The van der Waals surface area contributed by atoms with Gasteiger partial charge >= 0.3 is 0 Å². The summed E-state index contributed by atoms with van der Waals surface area (Å²) >= 11 is 1.65. The molecule has 0 spiro atoms. The van der Waals surface area contributed by atoms with Gasteiger partial charge in [0, 0.05) is 18.8 Å². The standard InChI is InChI=1S/C13H15NO2S/c1-14(13-12(16-3)7-8-17-13)10-5-4-6-11(9-10)15-2/h4-9H,1-3H3. The molecule has 0 amide bonds. The molecule has 0 bridgehead atoms. The Hall–Kier alpha value is -1.68. The molecule has 3 nitrogen and oxygen atoms in total. The van der Waals surface area contributed by atoms with Crippen molar-refractivity contribution in [3.8, 4) is 11.5 Å². The molecule has 0 aliphatic heterocycles. The number of thiophene rings is 1. The van der Waals surface area contributed by atoms with Crippen LogP contribution in [-0.4, -0.2) is 21.3 Å². The highest BCUT2D eigenvalue weighted by Crippen LogP contribution is 2.38. The second-order valence-corrected chi connectivity index (χ2v) is 4.45. The summed E-state index contributed by atoms with van der Waals surface area (Å²) < 4.78 is 10.5. The second kappa shape index (κ2) is 5.10. The van der Waals surface area contributed by atoms with Gasteiger partial charge in [-0.05, 0) is 23.6 Å². The third-order valence-electron chi connectivity index (χ3n) is 2.58. The van der Waals surface area contributed by atoms with Gasteiger partial charge in [0.2, 0.25) is 0 Å². The van der Waals surface area contributed by atoms with Crippen LogP contribution in [0.2, 0.25) is 0 Å². The number of hydrogen-bond donors (Lipinski definition) is 0. The minimum atomic E-state index is 0.852. The minimum Gasteiger partial charge on any atom is -0.497 e. The van der Waals surface area contributed by atoms with Crippen molar-refractivity contribution in [3.63, 3.8) is 0 Å². The van der Waals surface area contributed by atoms with Gasteiger partial charge in [-0.1, -0.05) is 6.07 Å². The highest BCUT2D eigenvalue weighted by atomic mass is 32.1. The SMILES string of the molecule is COc1cccc(N(C)c2sccc2OC)c1. The third-order valence-corrected chi connectivity index (χ3v) is 3.55. The molecule has 0 N–H and O–H groups in total. The van der Waals surface area contributed by atoms with Crippen molar-refractivity contribution in [2.45, 2.75) is 0 Å². The predicted octanol–water partition coefficient (Wildman–Crippen LogP) is 3.53. The quantitative estimate of drug-likeness (QED) is 0.827. The topological polar surface area (TPSA) is 21.7 Å². The zero-order valence-electron chi connectivity index (χ0n) is 10.1. The van der Waals surface area contributed by atoms with Crippen LogP contribution in [0.25, 0.3) is 0 Å². The highest BCUT2D eigenvalue weighted by molar-refractivity contribution is 7.14. The molecule has 0 saturated heterocycles. The largest absolute Gasteiger partial charge is 0.497 e. The first kappa shape index (κ1) is 11.8. The Morgan fingerprint density at radius 2 is 1.94 bits per heavy atom. The van der Waals surface area contributed by atoms with E-state index in [0.29, 0.717) is 0 Å². The summed E-state index contributed by atoms with van der Waals surface area (Å²) in [6.45, 7) is 0. The lowest BCUT2D eigenvalue weighted by Crippen LogP contribution is -2.08. The fourth-order valence-corrected chi connectivity index (χ4v) is 2.48. The maximum atomic E-state index is 5.32. The van der Waals surface area contributed by atoms with E-state index in [9.17, 15) is 0 Å². The zero-order chi connectivity index (χ0) is 12.3. The monoisotopic (exact) mass is 249 g/mol. The van der Waals surface area contributed by atoms with Crippen molar-refractivity contribution in [2.24, 2.45) is 0 Å². The number of hydrogen-bond acceptors (Lipinski definition) is 4. The Morgan fingerprint density at radius 3 is 2.65 bits per heavy atom. The molecule has 4 heteroatoms. The normalized spacial score (nSPS) is 10.1. The van der Waals surface area contributed by atoms with Crippen LogP contribution < -0.4 is 14.4 Å². The first-order valence-electron chi connectivity index (χ1n) is 5.25. The van der Waals surface area contributed by atoms with Crippen LogP contribution in [0.3, 0.4) is 0 Å². The Morgan fingerprint density at radius 1 is 1.12 bits per heavy atom. The fraction of sp³-hybridized carbons (Fsp3) is 0.231. The van der Waals surface area contributed by atoms with E-state index in [1.54, 1.807) is 25.6 Å². The Kier molecular flexibility index (Phi) is 3.54. The van der Waals surface area contributed by atoms with Gasteiger partial charge < -0.3 is 14.4 Å². The number of methoxy groups -OCH3 is 2. The van der Waals surface area contributed by atoms with Crippen molar-refractivity contribution in [1.29, 1.82) is 0 Å². The lowest BCUT2D eigenvalue weighted by atomic mass is 10.3. The molecule has 0 radical (unpaired) electrons. The van der Waals surface area contributed by atoms with E-state index in [2.05, 4.69) is 4.90 Å². The van der Waals surface area contributed by atoms with Gasteiger partial charge in [0.25, 0.3) is 0 Å². The van der Waals surface area contributed by atoms with E-state index >= 15 is 0 Å². The Labute approximate surface area is 105 Å². The molecular formula is C13H15NO2S. The Bertz CT molecular complexity index is 496. The molecular weight excluding hydrogens is 234 g/mol. The molecule has 0 aliphatic carbocycles. The number of anilines is 2. The average Bonchev–Trinajstić information content (AvgIpc) is 2.86. The summed E-state index contributed by atoms with van der Waals surface area (Å²) in [6, 6.07) is 9.92.